The van der Waals surface area contributed by atoms with Crippen molar-refractivity contribution in [2.24, 2.45) is 5.92 Å². The number of carbonyl (C=O) groups is 2. The summed E-state index contributed by atoms with van der Waals surface area (Å²) < 4.78 is 4.96. The third-order valence-corrected chi connectivity index (χ3v) is 4.90. The lowest BCUT2D eigenvalue weighted by molar-refractivity contribution is -0.126. The van der Waals surface area contributed by atoms with Gasteiger partial charge in [-0.3, -0.25) is 9.59 Å². The number of likely N-dealkylation sites (tertiary alicyclic amines) is 1. The van der Waals surface area contributed by atoms with Crippen molar-refractivity contribution in [1.82, 2.24) is 10.2 Å². The molecule has 0 bridgehead atoms. The van der Waals surface area contributed by atoms with Crippen LogP contribution in [0.1, 0.15) is 41.7 Å². The first-order valence-corrected chi connectivity index (χ1v) is 8.79. The van der Waals surface area contributed by atoms with Crippen LogP contribution in [0.25, 0.3) is 0 Å². The molecular formula is C19H21ClN2O3. The maximum Gasteiger partial charge on any atom is 0.257 e. The number of halogens is 1. The number of benzene rings is 1. The van der Waals surface area contributed by atoms with Crippen LogP contribution in [0.2, 0.25) is 5.02 Å². The molecule has 1 aromatic carbocycles. The number of rotatable bonds is 4. The molecule has 5 nitrogen and oxygen atoms in total. The SMILES string of the molecule is CC(NC(=O)C1CCN(C(=O)c2ccoc2)CC1)c1ccc(Cl)cc1. The Morgan fingerprint density at radius 3 is 2.48 bits per heavy atom. The monoisotopic (exact) mass is 360 g/mol. The summed E-state index contributed by atoms with van der Waals surface area (Å²) in [5.41, 5.74) is 1.57. The largest absolute Gasteiger partial charge is 0.472 e. The molecular weight excluding hydrogens is 340 g/mol. The maximum atomic E-state index is 12.5. The summed E-state index contributed by atoms with van der Waals surface area (Å²) in [6, 6.07) is 9.06. The molecule has 2 heterocycles. The molecule has 1 atom stereocenters. The van der Waals surface area contributed by atoms with E-state index in [1.165, 1.54) is 12.5 Å². The Morgan fingerprint density at radius 1 is 1.20 bits per heavy atom. The lowest BCUT2D eigenvalue weighted by Crippen LogP contribution is -2.43. The third kappa shape index (κ3) is 4.23. The summed E-state index contributed by atoms with van der Waals surface area (Å²) in [5.74, 6) is -0.0665. The van der Waals surface area contributed by atoms with Gasteiger partial charge in [0.25, 0.3) is 5.91 Å². The summed E-state index contributed by atoms with van der Waals surface area (Å²) in [6.07, 6.45) is 4.28. The highest BCUT2D eigenvalue weighted by molar-refractivity contribution is 6.30. The van der Waals surface area contributed by atoms with E-state index < -0.39 is 0 Å². The lowest BCUT2D eigenvalue weighted by atomic mass is 9.95. The quantitative estimate of drug-likeness (QED) is 0.905. The second-order valence-electron chi connectivity index (χ2n) is 6.36. The van der Waals surface area contributed by atoms with Gasteiger partial charge in [0, 0.05) is 24.0 Å². The molecule has 1 aromatic heterocycles. The Labute approximate surface area is 151 Å². The van der Waals surface area contributed by atoms with E-state index in [1.54, 1.807) is 11.0 Å². The molecule has 2 aromatic rings. The van der Waals surface area contributed by atoms with Crippen molar-refractivity contribution in [1.29, 1.82) is 0 Å². The van der Waals surface area contributed by atoms with Gasteiger partial charge in [-0.05, 0) is 43.5 Å². The summed E-state index contributed by atoms with van der Waals surface area (Å²) in [4.78, 5) is 26.6. The fourth-order valence-corrected chi connectivity index (χ4v) is 3.21. The van der Waals surface area contributed by atoms with Crippen molar-refractivity contribution in [2.45, 2.75) is 25.8 Å². The molecule has 3 rings (SSSR count). The van der Waals surface area contributed by atoms with E-state index in [0.29, 0.717) is 36.5 Å². The third-order valence-electron chi connectivity index (χ3n) is 4.65. The molecule has 132 valence electrons. The van der Waals surface area contributed by atoms with Crippen LogP contribution in [0.4, 0.5) is 0 Å². The zero-order valence-corrected chi connectivity index (χ0v) is 14.8. The van der Waals surface area contributed by atoms with Gasteiger partial charge in [-0.15, -0.1) is 0 Å². The van der Waals surface area contributed by atoms with Crippen molar-refractivity contribution >= 4 is 23.4 Å². The van der Waals surface area contributed by atoms with Gasteiger partial charge in [0.15, 0.2) is 0 Å². The van der Waals surface area contributed by atoms with Gasteiger partial charge in [0.2, 0.25) is 5.91 Å². The van der Waals surface area contributed by atoms with Gasteiger partial charge in [0.05, 0.1) is 17.9 Å². The zero-order valence-electron chi connectivity index (χ0n) is 14.1. The zero-order chi connectivity index (χ0) is 17.8. The minimum atomic E-state index is -0.0737. The number of carbonyl (C=O) groups excluding carboxylic acids is 2. The summed E-state index contributed by atoms with van der Waals surface area (Å²) in [5, 5.41) is 3.73. The highest BCUT2D eigenvalue weighted by Gasteiger charge is 2.28. The molecule has 2 amide bonds. The fraction of sp³-hybridized carbons (Fsp3) is 0.368. The van der Waals surface area contributed by atoms with Crippen molar-refractivity contribution in [3.63, 3.8) is 0 Å². The van der Waals surface area contributed by atoms with Gasteiger partial charge in [-0.1, -0.05) is 23.7 Å². The maximum absolute atomic E-state index is 12.5. The molecule has 1 N–H and O–H groups in total. The number of amides is 2. The predicted molar refractivity (Wildman–Crippen MR) is 95.3 cm³/mol. The van der Waals surface area contributed by atoms with Gasteiger partial charge >= 0.3 is 0 Å². The minimum absolute atomic E-state index is 0.0397. The Balaban J connectivity index is 1.51. The van der Waals surface area contributed by atoms with E-state index in [-0.39, 0.29) is 23.8 Å². The van der Waals surface area contributed by atoms with Crippen LogP contribution in [0.3, 0.4) is 0 Å². The lowest BCUT2D eigenvalue weighted by Gasteiger charge is -2.31. The summed E-state index contributed by atoms with van der Waals surface area (Å²) in [7, 11) is 0. The molecule has 0 radical (unpaired) electrons. The van der Waals surface area contributed by atoms with E-state index >= 15 is 0 Å². The van der Waals surface area contributed by atoms with Crippen LogP contribution in [0, 0.1) is 5.92 Å². The molecule has 1 aliphatic heterocycles. The topological polar surface area (TPSA) is 62.6 Å². The molecule has 25 heavy (non-hydrogen) atoms. The average molecular weight is 361 g/mol. The van der Waals surface area contributed by atoms with E-state index in [9.17, 15) is 9.59 Å². The van der Waals surface area contributed by atoms with E-state index in [1.807, 2.05) is 31.2 Å². The Kier molecular flexibility index (Phi) is 5.43. The van der Waals surface area contributed by atoms with Crippen LogP contribution in [-0.4, -0.2) is 29.8 Å². The van der Waals surface area contributed by atoms with E-state index in [2.05, 4.69) is 5.32 Å². The molecule has 0 saturated carbocycles. The van der Waals surface area contributed by atoms with Gasteiger partial charge in [-0.25, -0.2) is 0 Å². The molecule has 0 spiro atoms. The number of hydrogen-bond acceptors (Lipinski definition) is 3. The predicted octanol–water partition coefficient (Wildman–Crippen LogP) is 3.66. The van der Waals surface area contributed by atoms with Crippen LogP contribution in [0.15, 0.2) is 47.3 Å². The standard InChI is InChI=1S/C19H21ClN2O3/c1-13(14-2-4-17(20)5-3-14)21-18(23)15-6-9-22(10-7-15)19(24)16-8-11-25-12-16/h2-5,8,11-13,15H,6-7,9-10H2,1H3,(H,21,23). The summed E-state index contributed by atoms with van der Waals surface area (Å²) in [6.45, 7) is 3.12. The number of nitrogens with zero attached hydrogens (tertiary/aromatic N) is 1. The number of nitrogens with one attached hydrogen (secondary N) is 1. The van der Waals surface area contributed by atoms with Gasteiger partial charge in [0.1, 0.15) is 6.26 Å². The summed E-state index contributed by atoms with van der Waals surface area (Å²) >= 11 is 5.89. The molecule has 1 saturated heterocycles. The molecule has 1 fully saturated rings. The Hall–Kier alpha value is -2.27. The highest BCUT2D eigenvalue weighted by atomic mass is 35.5. The molecule has 1 unspecified atom stereocenters. The smallest absolute Gasteiger partial charge is 0.257 e. The fourth-order valence-electron chi connectivity index (χ4n) is 3.08. The normalized spacial score (nSPS) is 16.5. The van der Waals surface area contributed by atoms with Gasteiger partial charge < -0.3 is 14.6 Å². The van der Waals surface area contributed by atoms with Crippen LogP contribution in [-0.2, 0) is 4.79 Å². The van der Waals surface area contributed by atoms with Gasteiger partial charge in [-0.2, -0.15) is 0 Å². The van der Waals surface area contributed by atoms with Crippen molar-refractivity contribution in [3.8, 4) is 0 Å². The first kappa shape index (κ1) is 17.5. The number of piperidine rings is 1. The average Bonchev–Trinajstić information content (AvgIpc) is 3.16. The number of furan rings is 1. The number of hydrogen-bond donors (Lipinski definition) is 1. The van der Waals surface area contributed by atoms with Crippen molar-refractivity contribution in [2.75, 3.05) is 13.1 Å². The highest BCUT2D eigenvalue weighted by Crippen LogP contribution is 2.22. The Bertz CT molecular complexity index is 720. The van der Waals surface area contributed by atoms with Crippen molar-refractivity contribution < 1.29 is 14.0 Å². The van der Waals surface area contributed by atoms with E-state index in [0.717, 1.165) is 5.56 Å². The van der Waals surface area contributed by atoms with Crippen LogP contribution < -0.4 is 5.32 Å². The Morgan fingerprint density at radius 2 is 1.88 bits per heavy atom. The second kappa shape index (κ2) is 7.74. The molecule has 6 heteroatoms. The molecule has 0 aliphatic carbocycles. The minimum Gasteiger partial charge on any atom is -0.472 e. The molecule has 1 aliphatic rings. The second-order valence-corrected chi connectivity index (χ2v) is 6.80. The van der Waals surface area contributed by atoms with Crippen molar-refractivity contribution in [3.05, 3.63) is 59.0 Å². The van der Waals surface area contributed by atoms with Crippen LogP contribution >= 0.6 is 11.6 Å². The van der Waals surface area contributed by atoms with Crippen LogP contribution in [0.5, 0.6) is 0 Å². The first-order chi connectivity index (χ1) is 12.0. The first-order valence-electron chi connectivity index (χ1n) is 8.42. The van der Waals surface area contributed by atoms with E-state index in [4.69, 9.17) is 16.0 Å².